The van der Waals surface area contributed by atoms with Gasteiger partial charge in [-0.25, -0.2) is 0 Å². The van der Waals surface area contributed by atoms with Gasteiger partial charge in [0, 0.05) is 0 Å². The van der Waals surface area contributed by atoms with Gasteiger partial charge in [-0.1, -0.05) is 41.5 Å². The average Bonchev–Trinajstić information content (AvgIpc) is 2.44. The number of aryl methyl sites for hydroxylation is 2. The highest BCUT2D eigenvalue weighted by atomic mass is 16.5. The molecule has 0 aliphatic carbocycles. The maximum atomic E-state index is 10.2. The molecule has 0 aliphatic rings. The maximum absolute atomic E-state index is 10.2. The highest BCUT2D eigenvalue weighted by Crippen LogP contribution is 2.27. The second-order valence-corrected chi connectivity index (χ2v) is 4.90. The van der Waals surface area contributed by atoms with Crippen LogP contribution in [0.3, 0.4) is 0 Å². The van der Waals surface area contributed by atoms with Crippen molar-refractivity contribution in [2.45, 2.75) is 20.0 Å². The third kappa shape index (κ3) is 3.52. The first-order valence-corrected chi connectivity index (χ1v) is 6.62. The molecule has 2 aromatic rings. The lowest BCUT2D eigenvalue weighted by Gasteiger charge is -2.15. The number of rotatable bonds is 5. The minimum atomic E-state index is -0.654. The molecule has 3 heteroatoms. The molecule has 0 spiro atoms. The topological polar surface area (TPSA) is 38.7 Å². The molecule has 20 heavy (non-hydrogen) atoms. The second-order valence-electron chi connectivity index (χ2n) is 4.90. The van der Waals surface area contributed by atoms with Crippen molar-refractivity contribution in [1.29, 1.82) is 0 Å². The second kappa shape index (κ2) is 6.44. The molecule has 0 aliphatic heterocycles. The Hall–Kier alpha value is -2.00. The smallest absolute Gasteiger partial charge is 0.161 e. The van der Waals surface area contributed by atoms with Crippen molar-refractivity contribution in [3.8, 4) is 11.5 Å². The predicted octanol–water partition coefficient (Wildman–Crippen LogP) is 3.42. The molecule has 0 heterocycles. The van der Waals surface area contributed by atoms with Crippen molar-refractivity contribution in [3.05, 3.63) is 59.2 Å². The summed E-state index contributed by atoms with van der Waals surface area (Å²) in [6.45, 7) is 4.23. The molecule has 0 saturated heterocycles. The van der Waals surface area contributed by atoms with E-state index in [2.05, 4.69) is 6.07 Å². The molecule has 1 unspecified atom stereocenters. The third-order valence-electron chi connectivity index (χ3n) is 3.09. The van der Waals surface area contributed by atoms with E-state index >= 15 is 0 Å². The summed E-state index contributed by atoms with van der Waals surface area (Å²) in [5, 5.41) is 10.2. The van der Waals surface area contributed by atoms with E-state index in [1.807, 2.05) is 50.2 Å². The standard InChI is InChI=1S/C17H20O3/c1-12-8-13(2)10-14(9-12)15(18)11-20-17-7-5-4-6-16(17)19-3/h4-10,15,18H,11H2,1-3H3. The predicted molar refractivity (Wildman–Crippen MR) is 79.4 cm³/mol. The quantitative estimate of drug-likeness (QED) is 0.906. The summed E-state index contributed by atoms with van der Waals surface area (Å²) in [6, 6.07) is 13.4. The normalized spacial score (nSPS) is 12.0. The highest BCUT2D eigenvalue weighted by molar-refractivity contribution is 5.39. The lowest BCUT2D eigenvalue weighted by molar-refractivity contribution is 0.106. The molecule has 1 atom stereocenters. The summed E-state index contributed by atoms with van der Waals surface area (Å²) in [5.74, 6) is 1.30. The minimum Gasteiger partial charge on any atom is -0.493 e. The van der Waals surface area contributed by atoms with Crippen molar-refractivity contribution in [2.24, 2.45) is 0 Å². The number of para-hydroxylation sites is 2. The van der Waals surface area contributed by atoms with E-state index in [1.165, 1.54) is 0 Å². The number of aliphatic hydroxyl groups excluding tert-OH is 1. The molecule has 2 aromatic carbocycles. The minimum absolute atomic E-state index is 0.198. The van der Waals surface area contributed by atoms with Gasteiger partial charge in [0.2, 0.25) is 0 Å². The van der Waals surface area contributed by atoms with Crippen LogP contribution < -0.4 is 9.47 Å². The molecule has 2 rings (SSSR count). The molecule has 0 amide bonds. The molecule has 1 N–H and O–H groups in total. The van der Waals surface area contributed by atoms with Gasteiger partial charge in [0.05, 0.1) is 7.11 Å². The first kappa shape index (κ1) is 14.4. The molecule has 3 nitrogen and oxygen atoms in total. The zero-order chi connectivity index (χ0) is 14.5. The Morgan fingerprint density at radius 3 is 2.20 bits per heavy atom. The molecular weight excluding hydrogens is 252 g/mol. The SMILES string of the molecule is COc1ccccc1OCC(O)c1cc(C)cc(C)c1. The van der Waals surface area contributed by atoms with Gasteiger partial charge in [-0.15, -0.1) is 0 Å². The fourth-order valence-corrected chi connectivity index (χ4v) is 2.21. The number of benzene rings is 2. The van der Waals surface area contributed by atoms with Crippen molar-refractivity contribution < 1.29 is 14.6 Å². The number of ether oxygens (including phenoxy) is 2. The van der Waals surface area contributed by atoms with E-state index in [4.69, 9.17) is 9.47 Å². The Morgan fingerprint density at radius 1 is 1.00 bits per heavy atom. The molecule has 0 radical (unpaired) electrons. The Kier molecular flexibility index (Phi) is 4.64. The lowest BCUT2D eigenvalue weighted by atomic mass is 10.0. The van der Waals surface area contributed by atoms with E-state index in [-0.39, 0.29) is 6.61 Å². The Balaban J connectivity index is 2.06. The van der Waals surface area contributed by atoms with Crippen LogP contribution in [0.5, 0.6) is 11.5 Å². The van der Waals surface area contributed by atoms with Gasteiger partial charge in [0.1, 0.15) is 12.7 Å². The van der Waals surface area contributed by atoms with Crippen LogP contribution in [-0.4, -0.2) is 18.8 Å². The average molecular weight is 272 g/mol. The van der Waals surface area contributed by atoms with Crippen LogP contribution in [0.4, 0.5) is 0 Å². The molecule has 0 saturated carbocycles. The number of aliphatic hydroxyl groups is 1. The Bertz CT molecular complexity index is 558. The van der Waals surface area contributed by atoms with Crippen molar-refractivity contribution >= 4 is 0 Å². The fourth-order valence-electron chi connectivity index (χ4n) is 2.21. The highest BCUT2D eigenvalue weighted by Gasteiger charge is 2.11. The van der Waals surface area contributed by atoms with Gasteiger partial charge >= 0.3 is 0 Å². The molecule has 0 bridgehead atoms. The third-order valence-corrected chi connectivity index (χ3v) is 3.09. The van der Waals surface area contributed by atoms with Crippen LogP contribution in [0.15, 0.2) is 42.5 Å². The van der Waals surface area contributed by atoms with E-state index in [9.17, 15) is 5.11 Å². The molecule has 106 valence electrons. The van der Waals surface area contributed by atoms with E-state index < -0.39 is 6.10 Å². The summed E-state index contributed by atoms with van der Waals surface area (Å²) in [7, 11) is 1.60. The summed E-state index contributed by atoms with van der Waals surface area (Å²) >= 11 is 0. The van der Waals surface area contributed by atoms with Gasteiger partial charge in [-0.2, -0.15) is 0 Å². The van der Waals surface area contributed by atoms with Crippen LogP contribution in [0, 0.1) is 13.8 Å². The molecule has 0 aromatic heterocycles. The number of methoxy groups -OCH3 is 1. The number of hydrogen-bond acceptors (Lipinski definition) is 3. The van der Waals surface area contributed by atoms with Crippen LogP contribution in [0.25, 0.3) is 0 Å². The van der Waals surface area contributed by atoms with Crippen molar-refractivity contribution in [3.63, 3.8) is 0 Å². The van der Waals surface area contributed by atoms with Gasteiger partial charge < -0.3 is 14.6 Å². The maximum Gasteiger partial charge on any atom is 0.161 e. The van der Waals surface area contributed by atoms with E-state index in [1.54, 1.807) is 7.11 Å². The van der Waals surface area contributed by atoms with Crippen LogP contribution in [0.1, 0.15) is 22.8 Å². The van der Waals surface area contributed by atoms with Gasteiger partial charge in [0.25, 0.3) is 0 Å². The van der Waals surface area contributed by atoms with Crippen LogP contribution in [-0.2, 0) is 0 Å². The van der Waals surface area contributed by atoms with Crippen molar-refractivity contribution in [1.82, 2.24) is 0 Å². The Morgan fingerprint density at radius 2 is 1.60 bits per heavy atom. The van der Waals surface area contributed by atoms with Crippen LogP contribution in [0.2, 0.25) is 0 Å². The molecular formula is C17H20O3. The summed E-state index contributed by atoms with van der Waals surface area (Å²) < 4.78 is 10.9. The van der Waals surface area contributed by atoms with Gasteiger partial charge in [-0.05, 0) is 31.5 Å². The fraction of sp³-hybridized carbons (Fsp3) is 0.294. The number of hydrogen-bond donors (Lipinski definition) is 1. The summed E-state index contributed by atoms with van der Waals surface area (Å²) in [6.07, 6.45) is -0.654. The van der Waals surface area contributed by atoms with E-state index in [0.29, 0.717) is 11.5 Å². The van der Waals surface area contributed by atoms with Crippen molar-refractivity contribution in [2.75, 3.05) is 13.7 Å². The zero-order valence-electron chi connectivity index (χ0n) is 12.1. The molecule has 0 fully saturated rings. The largest absolute Gasteiger partial charge is 0.493 e. The monoisotopic (exact) mass is 272 g/mol. The van der Waals surface area contributed by atoms with Gasteiger partial charge in [0.15, 0.2) is 11.5 Å². The first-order chi connectivity index (χ1) is 9.60. The van der Waals surface area contributed by atoms with E-state index in [0.717, 1.165) is 16.7 Å². The Labute approximate surface area is 119 Å². The zero-order valence-corrected chi connectivity index (χ0v) is 12.1. The van der Waals surface area contributed by atoms with Crippen LogP contribution >= 0.6 is 0 Å². The first-order valence-electron chi connectivity index (χ1n) is 6.62. The summed E-state index contributed by atoms with van der Waals surface area (Å²) in [4.78, 5) is 0. The summed E-state index contributed by atoms with van der Waals surface area (Å²) in [5.41, 5.74) is 3.14. The lowest BCUT2D eigenvalue weighted by Crippen LogP contribution is -2.10. The van der Waals surface area contributed by atoms with Gasteiger partial charge in [-0.3, -0.25) is 0 Å².